The van der Waals surface area contributed by atoms with Crippen LogP contribution in [-0.2, 0) is 4.79 Å². The van der Waals surface area contributed by atoms with Gasteiger partial charge in [0.1, 0.15) is 12.4 Å². The van der Waals surface area contributed by atoms with Gasteiger partial charge >= 0.3 is 0 Å². The summed E-state index contributed by atoms with van der Waals surface area (Å²) >= 11 is 5.69. The van der Waals surface area contributed by atoms with E-state index in [1.54, 1.807) is 0 Å². The quantitative estimate of drug-likeness (QED) is 0.599. The lowest BCUT2D eigenvalue weighted by Crippen LogP contribution is -2.20. The molecule has 0 heterocycles. The third kappa shape index (κ3) is 3.30. The third-order valence-corrected chi connectivity index (χ3v) is 1.86. The molecule has 1 rings (SSSR count). The van der Waals surface area contributed by atoms with Crippen LogP contribution >= 0.6 is 11.6 Å². The number of hydrogen-bond acceptors (Lipinski definition) is 3. The average Bonchev–Trinajstić information content (AvgIpc) is 2.22. The van der Waals surface area contributed by atoms with Gasteiger partial charge in [0, 0.05) is 5.56 Å². The van der Waals surface area contributed by atoms with E-state index < -0.39 is 18.3 Å². The van der Waals surface area contributed by atoms with Crippen molar-refractivity contribution in [2.75, 3.05) is 6.61 Å². The Morgan fingerprint density at radius 1 is 1.67 bits per heavy atom. The van der Waals surface area contributed by atoms with Gasteiger partial charge in [0.05, 0.1) is 11.2 Å². The fourth-order valence-electron chi connectivity index (χ4n) is 0.838. The number of amides is 1. The second-order valence-corrected chi connectivity index (χ2v) is 2.99. The van der Waals surface area contributed by atoms with Gasteiger partial charge in [-0.05, 0) is 12.1 Å². The molecule has 0 saturated carbocycles. The lowest BCUT2D eigenvalue weighted by atomic mass is 10.2. The number of hydrogen-bond donors (Lipinski definition) is 2. The van der Waals surface area contributed by atoms with Crippen LogP contribution in [0.2, 0.25) is 5.02 Å². The van der Waals surface area contributed by atoms with E-state index in [0.717, 1.165) is 6.21 Å². The number of benzene rings is 1. The van der Waals surface area contributed by atoms with Crippen LogP contribution < -0.4 is 5.43 Å². The van der Waals surface area contributed by atoms with Crippen LogP contribution in [0, 0.1) is 5.82 Å². The molecule has 1 aromatic rings. The zero-order valence-electron chi connectivity index (χ0n) is 7.58. The van der Waals surface area contributed by atoms with Crippen molar-refractivity contribution < 1.29 is 14.3 Å². The summed E-state index contributed by atoms with van der Waals surface area (Å²) in [4.78, 5) is 10.6. The van der Waals surface area contributed by atoms with Crippen molar-refractivity contribution in [1.82, 2.24) is 5.43 Å². The summed E-state index contributed by atoms with van der Waals surface area (Å²) < 4.78 is 13.1. The second-order valence-electron chi connectivity index (χ2n) is 2.59. The van der Waals surface area contributed by atoms with Gasteiger partial charge in [-0.2, -0.15) is 5.10 Å². The molecule has 0 aliphatic carbocycles. The number of halogens is 2. The topological polar surface area (TPSA) is 61.7 Å². The highest BCUT2D eigenvalue weighted by Crippen LogP contribution is 2.16. The number of carbonyl (C=O) groups is 1. The Morgan fingerprint density at radius 2 is 2.40 bits per heavy atom. The minimum atomic E-state index is -0.682. The predicted molar refractivity (Wildman–Crippen MR) is 54.2 cm³/mol. The highest BCUT2D eigenvalue weighted by atomic mass is 35.5. The number of rotatable bonds is 3. The summed E-state index contributed by atoms with van der Waals surface area (Å²) in [6.07, 6.45) is 1.07. The van der Waals surface area contributed by atoms with Gasteiger partial charge in [0.25, 0.3) is 5.91 Å². The molecule has 0 fully saturated rings. The molecule has 6 heteroatoms. The van der Waals surface area contributed by atoms with E-state index in [1.807, 2.05) is 5.43 Å². The first-order valence-corrected chi connectivity index (χ1v) is 4.39. The molecule has 0 aliphatic rings. The van der Waals surface area contributed by atoms with E-state index in [1.165, 1.54) is 18.2 Å². The molecule has 1 aromatic carbocycles. The molecular formula is C9H8ClFN2O2. The maximum atomic E-state index is 13.1. The van der Waals surface area contributed by atoms with Crippen molar-refractivity contribution in [2.45, 2.75) is 0 Å². The Labute approximate surface area is 90.4 Å². The molecule has 0 aliphatic heterocycles. The first-order valence-electron chi connectivity index (χ1n) is 4.02. The summed E-state index contributed by atoms with van der Waals surface area (Å²) in [5.41, 5.74) is 2.07. The molecule has 80 valence electrons. The van der Waals surface area contributed by atoms with Crippen molar-refractivity contribution >= 4 is 23.7 Å². The van der Waals surface area contributed by atoms with E-state index in [-0.39, 0.29) is 10.6 Å². The zero-order valence-corrected chi connectivity index (χ0v) is 8.33. The Kier molecular flexibility index (Phi) is 4.20. The molecule has 0 bridgehead atoms. The molecule has 0 radical (unpaired) electrons. The first kappa shape index (κ1) is 11.6. The second kappa shape index (κ2) is 5.43. The average molecular weight is 231 g/mol. The number of carbonyl (C=O) groups excluding carboxylic acids is 1. The molecule has 0 spiro atoms. The van der Waals surface area contributed by atoms with E-state index in [2.05, 4.69) is 5.10 Å². The lowest BCUT2D eigenvalue weighted by Gasteiger charge is -1.99. The SMILES string of the molecule is O=C(CO)N/N=C/c1c(F)cccc1Cl. The van der Waals surface area contributed by atoms with Crippen molar-refractivity contribution in [3.63, 3.8) is 0 Å². The molecule has 0 atom stereocenters. The normalized spacial score (nSPS) is 10.6. The molecule has 1 amide bonds. The van der Waals surface area contributed by atoms with Crippen LogP contribution in [0.4, 0.5) is 4.39 Å². The summed E-state index contributed by atoms with van der Waals surface area (Å²) in [5, 5.41) is 12.0. The molecule has 0 aromatic heterocycles. The molecule has 2 N–H and O–H groups in total. The molecule has 0 saturated heterocycles. The van der Waals surface area contributed by atoms with Crippen LogP contribution in [0.3, 0.4) is 0 Å². The van der Waals surface area contributed by atoms with E-state index in [9.17, 15) is 9.18 Å². The van der Waals surface area contributed by atoms with Crippen LogP contribution in [0.25, 0.3) is 0 Å². The van der Waals surface area contributed by atoms with Crippen molar-refractivity contribution in [3.05, 3.63) is 34.6 Å². The highest BCUT2D eigenvalue weighted by molar-refractivity contribution is 6.33. The number of nitrogens with one attached hydrogen (secondary N) is 1. The summed E-state index contributed by atoms with van der Waals surface area (Å²) in [6, 6.07) is 4.18. The fraction of sp³-hybridized carbons (Fsp3) is 0.111. The van der Waals surface area contributed by atoms with Gasteiger partial charge in [-0.15, -0.1) is 0 Å². The van der Waals surface area contributed by atoms with Gasteiger partial charge in [0.2, 0.25) is 0 Å². The highest BCUT2D eigenvalue weighted by Gasteiger charge is 2.03. The fourth-order valence-corrected chi connectivity index (χ4v) is 1.05. The van der Waals surface area contributed by atoms with Crippen molar-refractivity contribution in [3.8, 4) is 0 Å². The maximum Gasteiger partial charge on any atom is 0.265 e. The molecular weight excluding hydrogens is 223 g/mol. The van der Waals surface area contributed by atoms with Crippen molar-refractivity contribution in [1.29, 1.82) is 0 Å². The predicted octanol–water partition coefficient (Wildman–Crippen LogP) is 0.921. The van der Waals surface area contributed by atoms with Crippen LogP contribution in [0.15, 0.2) is 23.3 Å². The zero-order chi connectivity index (χ0) is 11.3. The van der Waals surface area contributed by atoms with E-state index in [0.29, 0.717) is 0 Å². The monoisotopic (exact) mass is 230 g/mol. The van der Waals surface area contributed by atoms with Gasteiger partial charge in [0.15, 0.2) is 0 Å². The minimum Gasteiger partial charge on any atom is -0.386 e. The number of aliphatic hydroxyl groups is 1. The Morgan fingerprint density at radius 3 is 3.00 bits per heavy atom. The Hall–Kier alpha value is -1.46. The van der Waals surface area contributed by atoms with E-state index >= 15 is 0 Å². The maximum absolute atomic E-state index is 13.1. The number of hydrazone groups is 1. The Bertz CT molecular complexity index is 375. The van der Waals surface area contributed by atoms with Crippen molar-refractivity contribution in [2.24, 2.45) is 5.10 Å². The third-order valence-electron chi connectivity index (χ3n) is 1.53. The largest absolute Gasteiger partial charge is 0.386 e. The smallest absolute Gasteiger partial charge is 0.265 e. The van der Waals surface area contributed by atoms with Gasteiger partial charge < -0.3 is 5.11 Å². The first-order chi connectivity index (χ1) is 7.15. The van der Waals surface area contributed by atoms with Gasteiger partial charge in [-0.3, -0.25) is 4.79 Å². The summed E-state index contributed by atoms with van der Waals surface area (Å²) in [6.45, 7) is -0.678. The number of nitrogens with zero attached hydrogens (tertiary/aromatic N) is 1. The van der Waals surface area contributed by atoms with Gasteiger partial charge in [-0.25, -0.2) is 9.82 Å². The molecule has 0 unspecified atom stereocenters. The standard InChI is InChI=1S/C9H8ClFN2O2/c10-7-2-1-3-8(11)6(7)4-12-13-9(15)5-14/h1-4,14H,5H2,(H,13,15)/b12-4+. The molecule has 15 heavy (non-hydrogen) atoms. The van der Waals surface area contributed by atoms with Crippen LogP contribution in [0.1, 0.15) is 5.56 Å². The molecule has 4 nitrogen and oxygen atoms in total. The van der Waals surface area contributed by atoms with E-state index in [4.69, 9.17) is 16.7 Å². The van der Waals surface area contributed by atoms with Gasteiger partial charge in [-0.1, -0.05) is 17.7 Å². The van der Waals surface area contributed by atoms with Crippen LogP contribution in [-0.4, -0.2) is 23.8 Å². The Balaban J connectivity index is 2.76. The van der Waals surface area contributed by atoms with Crippen LogP contribution in [0.5, 0.6) is 0 Å². The minimum absolute atomic E-state index is 0.0809. The summed E-state index contributed by atoms with van der Waals surface area (Å²) in [7, 11) is 0. The lowest BCUT2D eigenvalue weighted by molar-refractivity contribution is -0.123. The summed E-state index contributed by atoms with van der Waals surface area (Å²) in [5.74, 6) is -1.22. The number of aliphatic hydroxyl groups excluding tert-OH is 1.